The highest BCUT2D eigenvalue weighted by molar-refractivity contribution is 5.75. The topological polar surface area (TPSA) is 66.6 Å². The molecule has 0 aliphatic rings. The first kappa shape index (κ1) is 11.5. The number of carbonyl (C=O) groups excluding carboxylic acids is 1. The molecule has 0 aliphatic carbocycles. The summed E-state index contributed by atoms with van der Waals surface area (Å²) in [4.78, 5) is 12.6. The zero-order chi connectivity index (χ0) is 11.3. The van der Waals surface area contributed by atoms with E-state index in [2.05, 4.69) is 0 Å². The number of nitrogens with two attached hydrogens (primary N) is 1. The number of nitrogens with zero attached hydrogens (tertiary/aromatic N) is 1. The lowest BCUT2D eigenvalue weighted by Gasteiger charge is -2.18. The molecule has 0 aliphatic heterocycles. The van der Waals surface area contributed by atoms with Crippen LogP contribution in [-0.2, 0) is 11.3 Å². The number of aromatic hydroxyl groups is 1. The minimum Gasteiger partial charge on any atom is -0.508 e. The van der Waals surface area contributed by atoms with Crippen LogP contribution in [0.3, 0.4) is 0 Å². The second-order valence-electron chi connectivity index (χ2n) is 3.40. The molecule has 0 bridgehead atoms. The fourth-order valence-corrected chi connectivity index (χ4v) is 1.39. The van der Waals surface area contributed by atoms with Crippen molar-refractivity contribution in [2.75, 3.05) is 13.1 Å². The van der Waals surface area contributed by atoms with Gasteiger partial charge in [-0.25, -0.2) is 0 Å². The zero-order valence-electron chi connectivity index (χ0n) is 8.81. The van der Waals surface area contributed by atoms with Crippen molar-refractivity contribution in [3.8, 4) is 5.75 Å². The highest BCUT2D eigenvalue weighted by Crippen LogP contribution is 2.17. The molecule has 15 heavy (non-hydrogen) atoms. The van der Waals surface area contributed by atoms with Crippen molar-refractivity contribution in [2.24, 2.45) is 5.73 Å². The van der Waals surface area contributed by atoms with Gasteiger partial charge in [0, 0.05) is 12.1 Å². The molecule has 1 aromatic carbocycles. The Morgan fingerprint density at radius 1 is 1.47 bits per heavy atom. The smallest absolute Gasteiger partial charge is 0.231 e. The number of rotatable bonds is 5. The number of amides is 1. The number of phenolic OH excluding ortho intramolecular Hbond substituents is 1. The lowest BCUT2D eigenvalue weighted by atomic mass is 10.2. The van der Waals surface area contributed by atoms with E-state index in [1.807, 2.05) is 24.0 Å². The summed E-state index contributed by atoms with van der Waals surface area (Å²) in [6, 6.07) is 7.09. The molecule has 0 saturated carbocycles. The van der Waals surface area contributed by atoms with Crippen molar-refractivity contribution in [2.45, 2.75) is 13.5 Å². The minimum absolute atomic E-state index is 0.213. The van der Waals surface area contributed by atoms with Gasteiger partial charge in [-0.2, -0.15) is 0 Å². The molecule has 0 heterocycles. The fourth-order valence-electron chi connectivity index (χ4n) is 1.39. The maximum absolute atomic E-state index is 10.8. The fraction of sp³-hybridized carbons (Fsp3) is 0.364. The standard InChI is InChI=1S/C11H16N2O2/c1-2-13(8-11(12)15)7-9-5-3-4-6-10(9)14/h3-6,14H,2,7-8H2,1H3,(H2,12,15). The van der Waals surface area contributed by atoms with Gasteiger partial charge in [0.2, 0.25) is 5.91 Å². The molecule has 0 radical (unpaired) electrons. The molecular formula is C11H16N2O2. The van der Waals surface area contributed by atoms with Gasteiger partial charge in [0.15, 0.2) is 0 Å². The summed E-state index contributed by atoms with van der Waals surface area (Å²) in [5.74, 6) is -0.104. The second-order valence-corrected chi connectivity index (χ2v) is 3.40. The van der Waals surface area contributed by atoms with Gasteiger partial charge in [0.1, 0.15) is 5.75 Å². The molecule has 1 rings (SSSR count). The Balaban J connectivity index is 2.66. The van der Waals surface area contributed by atoms with Crippen molar-refractivity contribution in [3.63, 3.8) is 0 Å². The summed E-state index contributed by atoms with van der Waals surface area (Å²) >= 11 is 0. The number of likely N-dealkylation sites (N-methyl/N-ethyl adjacent to an activating group) is 1. The first-order valence-corrected chi connectivity index (χ1v) is 4.91. The highest BCUT2D eigenvalue weighted by atomic mass is 16.3. The predicted octanol–water partition coefficient (Wildman–Crippen LogP) is 0.699. The third-order valence-corrected chi connectivity index (χ3v) is 2.21. The monoisotopic (exact) mass is 208 g/mol. The molecule has 1 aromatic rings. The number of carbonyl (C=O) groups is 1. The van der Waals surface area contributed by atoms with E-state index < -0.39 is 0 Å². The first-order valence-electron chi connectivity index (χ1n) is 4.91. The van der Waals surface area contributed by atoms with Crippen LogP contribution in [0, 0.1) is 0 Å². The highest BCUT2D eigenvalue weighted by Gasteiger charge is 2.08. The van der Waals surface area contributed by atoms with Gasteiger partial charge in [-0.05, 0) is 12.6 Å². The Bertz CT molecular complexity index is 339. The molecule has 0 atom stereocenters. The van der Waals surface area contributed by atoms with Gasteiger partial charge < -0.3 is 10.8 Å². The van der Waals surface area contributed by atoms with E-state index in [9.17, 15) is 9.90 Å². The first-order chi connectivity index (χ1) is 7.13. The Morgan fingerprint density at radius 3 is 2.67 bits per heavy atom. The number of hydrogen-bond donors (Lipinski definition) is 2. The second kappa shape index (κ2) is 5.36. The third-order valence-electron chi connectivity index (χ3n) is 2.21. The molecule has 0 fully saturated rings. The number of benzene rings is 1. The molecule has 4 heteroatoms. The van der Waals surface area contributed by atoms with Crippen LogP contribution in [-0.4, -0.2) is 29.0 Å². The SMILES string of the molecule is CCN(CC(N)=O)Cc1ccccc1O. The van der Waals surface area contributed by atoms with E-state index >= 15 is 0 Å². The third kappa shape index (κ3) is 3.59. The summed E-state index contributed by atoms with van der Waals surface area (Å²) in [6.45, 7) is 3.41. The number of para-hydroxylation sites is 1. The van der Waals surface area contributed by atoms with E-state index in [-0.39, 0.29) is 18.2 Å². The number of hydrogen-bond acceptors (Lipinski definition) is 3. The largest absolute Gasteiger partial charge is 0.508 e. The summed E-state index contributed by atoms with van der Waals surface area (Å²) in [5, 5.41) is 9.55. The molecule has 4 nitrogen and oxygen atoms in total. The van der Waals surface area contributed by atoms with Crippen LogP contribution in [0.2, 0.25) is 0 Å². The van der Waals surface area contributed by atoms with Gasteiger partial charge in [-0.3, -0.25) is 9.69 Å². The quantitative estimate of drug-likeness (QED) is 0.748. The maximum atomic E-state index is 10.8. The van der Waals surface area contributed by atoms with Gasteiger partial charge in [-0.15, -0.1) is 0 Å². The van der Waals surface area contributed by atoms with Crippen LogP contribution in [0.1, 0.15) is 12.5 Å². The van der Waals surface area contributed by atoms with Gasteiger partial charge in [0.05, 0.1) is 6.54 Å². The molecule has 1 amide bonds. The van der Waals surface area contributed by atoms with Crippen molar-refractivity contribution < 1.29 is 9.90 Å². The molecule has 0 spiro atoms. The van der Waals surface area contributed by atoms with Crippen LogP contribution < -0.4 is 5.73 Å². The summed E-state index contributed by atoms with van der Waals surface area (Å²) in [5.41, 5.74) is 5.92. The summed E-state index contributed by atoms with van der Waals surface area (Å²) < 4.78 is 0. The zero-order valence-corrected chi connectivity index (χ0v) is 8.81. The molecular weight excluding hydrogens is 192 g/mol. The van der Waals surface area contributed by atoms with E-state index in [4.69, 9.17) is 5.73 Å². The Labute approximate surface area is 89.3 Å². The van der Waals surface area contributed by atoms with Crippen LogP contribution >= 0.6 is 0 Å². The van der Waals surface area contributed by atoms with E-state index in [0.717, 1.165) is 12.1 Å². The van der Waals surface area contributed by atoms with Gasteiger partial charge >= 0.3 is 0 Å². The predicted molar refractivity (Wildman–Crippen MR) is 58.3 cm³/mol. The van der Waals surface area contributed by atoms with Crippen LogP contribution in [0.15, 0.2) is 24.3 Å². The Hall–Kier alpha value is -1.55. The Kier molecular flexibility index (Phi) is 4.12. The lowest BCUT2D eigenvalue weighted by molar-refractivity contribution is -0.119. The van der Waals surface area contributed by atoms with E-state index in [0.29, 0.717) is 6.54 Å². The lowest BCUT2D eigenvalue weighted by Crippen LogP contribution is -2.33. The van der Waals surface area contributed by atoms with Crippen molar-refractivity contribution >= 4 is 5.91 Å². The van der Waals surface area contributed by atoms with E-state index in [1.165, 1.54) is 0 Å². The van der Waals surface area contributed by atoms with Gasteiger partial charge in [0.25, 0.3) is 0 Å². The normalized spacial score (nSPS) is 10.5. The Morgan fingerprint density at radius 2 is 2.13 bits per heavy atom. The summed E-state index contributed by atoms with van der Waals surface area (Å²) in [6.07, 6.45) is 0. The molecule has 82 valence electrons. The molecule has 0 saturated heterocycles. The number of phenols is 1. The molecule has 0 aromatic heterocycles. The van der Waals surface area contributed by atoms with Crippen LogP contribution in [0.25, 0.3) is 0 Å². The average Bonchev–Trinajstić information content (AvgIpc) is 2.19. The maximum Gasteiger partial charge on any atom is 0.231 e. The van der Waals surface area contributed by atoms with Crippen molar-refractivity contribution in [3.05, 3.63) is 29.8 Å². The van der Waals surface area contributed by atoms with Gasteiger partial charge in [-0.1, -0.05) is 25.1 Å². The minimum atomic E-state index is -0.354. The molecule has 0 unspecified atom stereocenters. The van der Waals surface area contributed by atoms with Crippen molar-refractivity contribution in [1.29, 1.82) is 0 Å². The van der Waals surface area contributed by atoms with E-state index in [1.54, 1.807) is 12.1 Å². The van der Waals surface area contributed by atoms with Crippen LogP contribution in [0.5, 0.6) is 5.75 Å². The van der Waals surface area contributed by atoms with Crippen LogP contribution in [0.4, 0.5) is 0 Å². The average molecular weight is 208 g/mol. The number of primary amides is 1. The molecule has 3 N–H and O–H groups in total. The van der Waals surface area contributed by atoms with Crippen molar-refractivity contribution in [1.82, 2.24) is 4.90 Å². The summed E-state index contributed by atoms with van der Waals surface area (Å²) in [7, 11) is 0.